The van der Waals surface area contributed by atoms with Crippen LogP contribution < -0.4 is 14.2 Å². The molecule has 1 aromatic rings. The zero-order valence-corrected chi connectivity index (χ0v) is 9.40. The predicted octanol–water partition coefficient (Wildman–Crippen LogP) is 1.77. The summed E-state index contributed by atoms with van der Waals surface area (Å²) >= 11 is 0. The number of benzene rings is 1. The lowest BCUT2D eigenvalue weighted by Crippen LogP contribution is -1.98. The summed E-state index contributed by atoms with van der Waals surface area (Å²) in [6.07, 6.45) is -0.571. The zero-order valence-electron chi connectivity index (χ0n) is 9.40. The normalized spacial score (nSPS) is 12.1. The molecule has 1 aromatic carbocycles. The largest absolute Gasteiger partial charge is 0.493 e. The molecule has 15 heavy (non-hydrogen) atoms. The maximum absolute atomic E-state index is 9.48. The molecule has 0 aliphatic heterocycles. The maximum Gasteiger partial charge on any atom is 0.203 e. The van der Waals surface area contributed by atoms with Crippen LogP contribution in [-0.2, 0) is 0 Å². The lowest BCUT2D eigenvalue weighted by molar-refractivity contribution is 0.198. The number of ether oxygens (including phenoxy) is 3. The molecule has 1 atom stereocenters. The quantitative estimate of drug-likeness (QED) is 0.826. The lowest BCUT2D eigenvalue weighted by Gasteiger charge is -2.15. The Morgan fingerprint density at radius 1 is 1.00 bits per heavy atom. The third-order valence-corrected chi connectivity index (χ3v) is 2.17. The van der Waals surface area contributed by atoms with E-state index in [0.29, 0.717) is 17.2 Å². The minimum Gasteiger partial charge on any atom is -0.493 e. The molecule has 0 aromatic heterocycles. The van der Waals surface area contributed by atoms with Gasteiger partial charge in [-0.3, -0.25) is 0 Å². The first-order valence-corrected chi connectivity index (χ1v) is 4.62. The molecule has 0 unspecified atom stereocenters. The van der Waals surface area contributed by atoms with Crippen LogP contribution in [0.2, 0.25) is 0 Å². The summed E-state index contributed by atoms with van der Waals surface area (Å²) in [4.78, 5) is 0. The molecule has 0 aliphatic rings. The Morgan fingerprint density at radius 2 is 1.47 bits per heavy atom. The molecule has 0 radical (unpaired) electrons. The first-order valence-electron chi connectivity index (χ1n) is 4.62. The first-order chi connectivity index (χ1) is 7.13. The van der Waals surface area contributed by atoms with Crippen LogP contribution in [0.15, 0.2) is 12.1 Å². The SMILES string of the molecule is COc1cc([C@@H](C)O)cc(OC)c1OC. The van der Waals surface area contributed by atoms with Crippen LogP contribution in [0.25, 0.3) is 0 Å². The van der Waals surface area contributed by atoms with E-state index >= 15 is 0 Å². The molecule has 0 aliphatic carbocycles. The van der Waals surface area contributed by atoms with Gasteiger partial charge in [0.05, 0.1) is 27.4 Å². The van der Waals surface area contributed by atoms with Gasteiger partial charge in [0.1, 0.15) is 0 Å². The molecule has 0 spiro atoms. The zero-order chi connectivity index (χ0) is 11.4. The van der Waals surface area contributed by atoms with Gasteiger partial charge in [-0.15, -0.1) is 0 Å². The lowest BCUT2D eigenvalue weighted by atomic mass is 10.1. The van der Waals surface area contributed by atoms with Crippen LogP contribution in [0.5, 0.6) is 17.2 Å². The van der Waals surface area contributed by atoms with Crippen molar-refractivity contribution in [2.75, 3.05) is 21.3 Å². The predicted molar refractivity (Wildman–Crippen MR) is 56.7 cm³/mol. The molecule has 0 heterocycles. The van der Waals surface area contributed by atoms with Crippen molar-refractivity contribution in [3.8, 4) is 17.2 Å². The van der Waals surface area contributed by atoms with E-state index in [1.165, 1.54) is 0 Å². The fourth-order valence-electron chi connectivity index (χ4n) is 1.34. The van der Waals surface area contributed by atoms with Crippen molar-refractivity contribution in [1.82, 2.24) is 0 Å². The van der Waals surface area contributed by atoms with Crippen molar-refractivity contribution < 1.29 is 19.3 Å². The number of aliphatic hydroxyl groups excluding tert-OH is 1. The molecule has 4 nitrogen and oxygen atoms in total. The van der Waals surface area contributed by atoms with Crippen LogP contribution in [0, 0.1) is 0 Å². The van der Waals surface area contributed by atoms with Gasteiger partial charge in [-0.25, -0.2) is 0 Å². The van der Waals surface area contributed by atoms with E-state index in [9.17, 15) is 5.11 Å². The number of hydrogen-bond acceptors (Lipinski definition) is 4. The molecular weight excluding hydrogens is 196 g/mol. The molecule has 0 saturated carbocycles. The molecular formula is C11H16O4. The van der Waals surface area contributed by atoms with Gasteiger partial charge >= 0.3 is 0 Å². The van der Waals surface area contributed by atoms with Gasteiger partial charge in [0, 0.05) is 0 Å². The van der Waals surface area contributed by atoms with E-state index in [1.54, 1.807) is 40.4 Å². The van der Waals surface area contributed by atoms with Gasteiger partial charge in [0.2, 0.25) is 5.75 Å². The van der Waals surface area contributed by atoms with Crippen LogP contribution in [0.4, 0.5) is 0 Å². The summed E-state index contributed by atoms with van der Waals surface area (Å²) < 4.78 is 15.5. The van der Waals surface area contributed by atoms with E-state index in [1.807, 2.05) is 0 Å². The van der Waals surface area contributed by atoms with Crippen molar-refractivity contribution in [2.24, 2.45) is 0 Å². The van der Waals surface area contributed by atoms with Gasteiger partial charge < -0.3 is 19.3 Å². The van der Waals surface area contributed by atoms with Gasteiger partial charge in [-0.05, 0) is 24.6 Å². The molecule has 1 N–H and O–H groups in total. The molecule has 0 bridgehead atoms. The fourth-order valence-corrected chi connectivity index (χ4v) is 1.34. The highest BCUT2D eigenvalue weighted by molar-refractivity contribution is 5.54. The monoisotopic (exact) mass is 212 g/mol. The van der Waals surface area contributed by atoms with Gasteiger partial charge in [-0.1, -0.05) is 0 Å². The Balaban J connectivity index is 3.29. The van der Waals surface area contributed by atoms with E-state index in [-0.39, 0.29) is 0 Å². The maximum atomic E-state index is 9.48. The molecule has 0 fully saturated rings. The Bertz CT molecular complexity index is 308. The third kappa shape index (κ3) is 2.33. The first kappa shape index (κ1) is 11.7. The fraction of sp³-hybridized carbons (Fsp3) is 0.455. The minimum atomic E-state index is -0.571. The summed E-state index contributed by atoms with van der Waals surface area (Å²) in [5.41, 5.74) is 0.726. The summed E-state index contributed by atoms with van der Waals surface area (Å²) in [6.45, 7) is 1.68. The summed E-state index contributed by atoms with van der Waals surface area (Å²) in [7, 11) is 4.63. The Hall–Kier alpha value is -1.42. The Labute approximate surface area is 89.4 Å². The second-order valence-electron chi connectivity index (χ2n) is 3.13. The summed E-state index contributed by atoms with van der Waals surface area (Å²) in [5, 5.41) is 9.48. The second-order valence-corrected chi connectivity index (χ2v) is 3.13. The second kappa shape index (κ2) is 4.89. The average Bonchev–Trinajstić information content (AvgIpc) is 2.26. The average molecular weight is 212 g/mol. The molecule has 1 rings (SSSR count). The van der Waals surface area contributed by atoms with E-state index in [0.717, 1.165) is 5.56 Å². The van der Waals surface area contributed by atoms with Crippen LogP contribution >= 0.6 is 0 Å². The smallest absolute Gasteiger partial charge is 0.203 e. The molecule has 0 amide bonds. The topological polar surface area (TPSA) is 47.9 Å². The Kier molecular flexibility index (Phi) is 3.80. The minimum absolute atomic E-state index is 0.532. The molecule has 0 saturated heterocycles. The van der Waals surface area contributed by atoms with E-state index in [2.05, 4.69) is 0 Å². The van der Waals surface area contributed by atoms with E-state index < -0.39 is 6.10 Å². The Morgan fingerprint density at radius 3 is 1.73 bits per heavy atom. The number of rotatable bonds is 4. The summed E-state index contributed by atoms with van der Waals surface area (Å²) in [6, 6.07) is 3.46. The van der Waals surface area contributed by atoms with Gasteiger partial charge in [0.15, 0.2) is 11.5 Å². The standard InChI is InChI=1S/C11H16O4/c1-7(12)8-5-9(13-2)11(15-4)10(6-8)14-3/h5-7,12H,1-4H3/t7-/m1/s1. The third-order valence-electron chi connectivity index (χ3n) is 2.17. The van der Waals surface area contributed by atoms with Crippen LogP contribution in [0.1, 0.15) is 18.6 Å². The molecule has 4 heteroatoms. The van der Waals surface area contributed by atoms with E-state index in [4.69, 9.17) is 14.2 Å². The molecule has 84 valence electrons. The van der Waals surface area contributed by atoms with Crippen LogP contribution in [0.3, 0.4) is 0 Å². The number of hydrogen-bond donors (Lipinski definition) is 1. The van der Waals surface area contributed by atoms with Crippen molar-refractivity contribution in [1.29, 1.82) is 0 Å². The van der Waals surface area contributed by atoms with Crippen molar-refractivity contribution in [3.63, 3.8) is 0 Å². The highest BCUT2D eigenvalue weighted by Crippen LogP contribution is 2.39. The van der Waals surface area contributed by atoms with Crippen molar-refractivity contribution in [3.05, 3.63) is 17.7 Å². The highest BCUT2D eigenvalue weighted by Gasteiger charge is 2.14. The van der Waals surface area contributed by atoms with Gasteiger partial charge in [-0.2, -0.15) is 0 Å². The van der Waals surface area contributed by atoms with Crippen molar-refractivity contribution in [2.45, 2.75) is 13.0 Å². The highest BCUT2D eigenvalue weighted by atomic mass is 16.5. The number of aliphatic hydroxyl groups is 1. The van der Waals surface area contributed by atoms with Gasteiger partial charge in [0.25, 0.3) is 0 Å². The number of methoxy groups -OCH3 is 3. The van der Waals surface area contributed by atoms with Crippen LogP contribution in [-0.4, -0.2) is 26.4 Å². The summed E-state index contributed by atoms with van der Waals surface area (Å²) in [5.74, 6) is 1.63. The van der Waals surface area contributed by atoms with Crippen molar-refractivity contribution >= 4 is 0 Å².